The lowest BCUT2D eigenvalue weighted by atomic mass is 10.2. The molecule has 8 heteroatoms. The summed E-state index contributed by atoms with van der Waals surface area (Å²) in [5.41, 5.74) is 4.99. The maximum Gasteiger partial charge on any atom is 0.240 e. The first-order valence-electron chi connectivity index (χ1n) is 4.82. The largest absolute Gasteiger partial charge is 0.329 e. The Balaban J connectivity index is 0.00000289. The Kier molecular flexibility index (Phi) is 6.21. The van der Waals surface area contributed by atoms with Gasteiger partial charge < -0.3 is 5.73 Å². The number of sulfonamides is 1. The summed E-state index contributed by atoms with van der Waals surface area (Å²) < 4.78 is 38.9. The molecule has 18 heavy (non-hydrogen) atoms. The average Bonchev–Trinajstić information content (AvgIpc) is 2.28. The van der Waals surface area contributed by atoms with Gasteiger partial charge in [-0.25, -0.2) is 17.5 Å². The Morgan fingerprint density at radius 3 is 2.67 bits per heavy atom. The van der Waals surface area contributed by atoms with Crippen molar-refractivity contribution < 1.29 is 12.8 Å². The molecule has 0 unspecified atom stereocenters. The van der Waals surface area contributed by atoms with E-state index >= 15 is 0 Å². The van der Waals surface area contributed by atoms with Crippen molar-refractivity contribution in [2.24, 2.45) is 5.73 Å². The fraction of sp³-hybridized carbons (Fsp3) is 0.300. The quantitative estimate of drug-likeness (QED) is 0.856. The molecule has 0 spiro atoms. The number of benzene rings is 1. The number of nitrogens with two attached hydrogens (primary N) is 1. The predicted molar refractivity (Wildman–Crippen MR) is 67.2 cm³/mol. The molecule has 3 N–H and O–H groups in total. The summed E-state index contributed by atoms with van der Waals surface area (Å²) in [6.07, 6.45) is 0. The predicted octanol–water partition coefficient (Wildman–Crippen LogP) is 0.745. The van der Waals surface area contributed by atoms with Gasteiger partial charge in [0.15, 0.2) is 0 Å². The first-order chi connectivity index (χ1) is 7.90. The van der Waals surface area contributed by atoms with Crippen molar-refractivity contribution in [1.82, 2.24) is 4.72 Å². The third-order valence-electron chi connectivity index (χ3n) is 2.08. The molecular formula is C10H13ClFN3O2S. The molecule has 0 saturated carbocycles. The van der Waals surface area contributed by atoms with Crippen LogP contribution >= 0.6 is 12.4 Å². The zero-order valence-corrected chi connectivity index (χ0v) is 11.2. The lowest BCUT2D eigenvalue weighted by molar-refractivity contribution is 0.562. The number of nitrogens with zero attached hydrogens (tertiary/aromatic N) is 1. The molecule has 0 aliphatic rings. The molecule has 0 radical (unpaired) electrons. The molecular weight excluding hydrogens is 281 g/mol. The van der Waals surface area contributed by atoms with Gasteiger partial charge in [0.1, 0.15) is 11.9 Å². The van der Waals surface area contributed by atoms with Crippen molar-refractivity contribution in [3.63, 3.8) is 0 Å². The van der Waals surface area contributed by atoms with E-state index in [0.29, 0.717) is 0 Å². The SMILES string of the molecule is C[C@H](CN)NS(=O)(=O)c1ccc(F)c(C#N)c1.Cl. The standard InChI is InChI=1S/C10H12FN3O2S.ClH/c1-7(5-12)14-17(15,16)9-2-3-10(11)8(4-9)6-13;/h2-4,7,14H,5,12H2,1H3;1H/t7-;/m1./s1. The molecule has 0 aliphatic carbocycles. The summed E-state index contributed by atoms with van der Waals surface area (Å²) in [5, 5.41) is 8.61. The van der Waals surface area contributed by atoms with E-state index in [0.717, 1.165) is 18.2 Å². The Bertz CT molecular complexity index is 557. The van der Waals surface area contributed by atoms with E-state index in [1.165, 1.54) is 0 Å². The van der Waals surface area contributed by atoms with Gasteiger partial charge in [0.25, 0.3) is 0 Å². The smallest absolute Gasteiger partial charge is 0.240 e. The third-order valence-corrected chi connectivity index (χ3v) is 3.67. The summed E-state index contributed by atoms with van der Waals surface area (Å²) in [6, 6.07) is 4.18. The van der Waals surface area contributed by atoms with Crippen LogP contribution in [0.2, 0.25) is 0 Å². The molecule has 0 bridgehead atoms. The second kappa shape index (κ2) is 6.66. The molecule has 0 aromatic heterocycles. The summed E-state index contributed by atoms with van der Waals surface area (Å²) in [7, 11) is -3.77. The lowest BCUT2D eigenvalue weighted by Gasteiger charge is -2.12. The minimum atomic E-state index is -3.77. The van der Waals surface area contributed by atoms with Gasteiger partial charge in [-0.3, -0.25) is 0 Å². The molecule has 1 atom stereocenters. The molecule has 5 nitrogen and oxygen atoms in total. The number of hydrogen-bond acceptors (Lipinski definition) is 4. The molecule has 0 heterocycles. The Hall–Kier alpha value is -1.20. The summed E-state index contributed by atoms with van der Waals surface area (Å²) >= 11 is 0. The molecule has 0 saturated heterocycles. The first kappa shape index (κ1) is 16.8. The van der Waals surface area contributed by atoms with Crippen molar-refractivity contribution in [2.45, 2.75) is 17.9 Å². The van der Waals surface area contributed by atoms with E-state index < -0.39 is 21.9 Å². The normalized spacial score (nSPS) is 12.3. The van der Waals surface area contributed by atoms with E-state index in [-0.39, 0.29) is 29.4 Å². The maximum atomic E-state index is 13.0. The zero-order valence-electron chi connectivity index (χ0n) is 9.55. The lowest BCUT2D eigenvalue weighted by Crippen LogP contribution is -2.37. The fourth-order valence-corrected chi connectivity index (χ4v) is 2.42. The highest BCUT2D eigenvalue weighted by Gasteiger charge is 2.18. The molecule has 100 valence electrons. The first-order valence-corrected chi connectivity index (χ1v) is 6.31. The Morgan fingerprint density at radius 1 is 1.56 bits per heavy atom. The van der Waals surface area contributed by atoms with Crippen LogP contribution in [0.4, 0.5) is 4.39 Å². The van der Waals surface area contributed by atoms with Crippen LogP contribution in [-0.2, 0) is 10.0 Å². The van der Waals surface area contributed by atoms with Crippen molar-refractivity contribution in [3.8, 4) is 6.07 Å². The fourth-order valence-electron chi connectivity index (χ4n) is 1.14. The second-order valence-corrected chi connectivity index (χ2v) is 5.23. The molecule has 1 rings (SSSR count). The second-order valence-electron chi connectivity index (χ2n) is 3.51. The molecule has 1 aromatic carbocycles. The van der Waals surface area contributed by atoms with Crippen molar-refractivity contribution >= 4 is 22.4 Å². The monoisotopic (exact) mass is 293 g/mol. The van der Waals surface area contributed by atoms with Crippen molar-refractivity contribution in [1.29, 1.82) is 5.26 Å². The number of nitrogens with one attached hydrogen (secondary N) is 1. The highest BCUT2D eigenvalue weighted by atomic mass is 35.5. The summed E-state index contributed by atoms with van der Waals surface area (Å²) in [4.78, 5) is -0.157. The minimum absolute atomic E-state index is 0. The average molecular weight is 294 g/mol. The van der Waals surface area contributed by atoms with Gasteiger partial charge in [-0.1, -0.05) is 0 Å². The van der Waals surface area contributed by atoms with Gasteiger partial charge >= 0.3 is 0 Å². The molecule has 0 amide bonds. The van der Waals surface area contributed by atoms with Crippen LogP contribution < -0.4 is 10.5 Å². The summed E-state index contributed by atoms with van der Waals surface area (Å²) in [5.74, 6) is -0.752. The van der Waals surface area contributed by atoms with Crippen LogP contribution in [-0.4, -0.2) is 21.0 Å². The maximum absolute atomic E-state index is 13.0. The molecule has 0 fully saturated rings. The van der Waals surface area contributed by atoms with Crippen LogP contribution in [0.25, 0.3) is 0 Å². The van der Waals surface area contributed by atoms with Crippen LogP contribution in [0.3, 0.4) is 0 Å². The zero-order chi connectivity index (χ0) is 13.1. The van der Waals surface area contributed by atoms with Gasteiger partial charge in [-0.05, 0) is 25.1 Å². The van der Waals surface area contributed by atoms with E-state index in [2.05, 4.69) is 4.72 Å². The Morgan fingerprint density at radius 2 is 2.17 bits per heavy atom. The minimum Gasteiger partial charge on any atom is -0.329 e. The van der Waals surface area contributed by atoms with E-state index in [1.54, 1.807) is 13.0 Å². The van der Waals surface area contributed by atoms with Crippen LogP contribution in [0.5, 0.6) is 0 Å². The van der Waals surface area contributed by atoms with E-state index in [1.807, 2.05) is 0 Å². The van der Waals surface area contributed by atoms with Crippen molar-refractivity contribution in [2.75, 3.05) is 6.54 Å². The van der Waals surface area contributed by atoms with Crippen LogP contribution in [0.15, 0.2) is 23.1 Å². The topological polar surface area (TPSA) is 96.0 Å². The molecule has 0 aliphatic heterocycles. The van der Waals surface area contributed by atoms with Gasteiger partial charge in [-0.2, -0.15) is 5.26 Å². The Labute approximate surface area is 111 Å². The summed E-state index contributed by atoms with van der Waals surface area (Å²) in [6.45, 7) is 1.75. The van der Waals surface area contributed by atoms with Crippen LogP contribution in [0, 0.1) is 17.1 Å². The van der Waals surface area contributed by atoms with Gasteiger partial charge in [-0.15, -0.1) is 12.4 Å². The number of rotatable bonds is 4. The highest BCUT2D eigenvalue weighted by molar-refractivity contribution is 7.89. The van der Waals surface area contributed by atoms with Crippen molar-refractivity contribution in [3.05, 3.63) is 29.6 Å². The number of halogens is 2. The van der Waals surface area contributed by atoms with Crippen LogP contribution in [0.1, 0.15) is 12.5 Å². The van der Waals surface area contributed by atoms with E-state index in [9.17, 15) is 12.8 Å². The number of hydrogen-bond donors (Lipinski definition) is 2. The number of nitriles is 1. The highest BCUT2D eigenvalue weighted by Crippen LogP contribution is 2.14. The van der Waals surface area contributed by atoms with Gasteiger partial charge in [0.05, 0.1) is 10.5 Å². The van der Waals surface area contributed by atoms with Gasteiger partial charge in [0.2, 0.25) is 10.0 Å². The van der Waals surface area contributed by atoms with E-state index in [4.69, 9.17) is 11.0 Å². The molecule has 1 aromatic rings. The van der Waals surface area contributed by atoms with Gasteiger partial charge in [0, 0.05) is 12.6 Å². The third kappa shape index (κ3) is 3.92.